The van der Waals surface area contributed by atoms with E-state index in [0.29, 0.717) is 11.4 Å². The summed E-state index contributed by atoms with van der Waals surface area (Å²) in [6, 6.07) is 12.8. The van der Waals surface area contributed by atoms with Gasteiger partial charge in [-0.15, -0.1) is 0 Å². The van der Waals surface area contributed by atoms with Crippen molar-refractivity contribution in [3.63, 3.8) is 0 Å². The van der Waals surface area contributed by atoms with Crippen LogP contribution in [0.15, 0.2) is 53.4 Å². The molecular weight excluding hydrogens is 368 g/mol. The summed E-state index contributed by atoms with van der Waals surface area (Å²) >= 11 is 0. The number of sulfonamides is 1. The van der Waals surface area contributed by atoms with Gasteiger partial charge in [0.2, 0.25) is 10.0 Å². The van der Waals surface area contributed by atoms with Gasteiger partial charge < -0.3 is 14.8 Å². The van der Waals surface area contributed by atoms with Gasteiger partial charge in [-0.1, -0.05) is 6.07 Å². The molecule has 0 unspecified atom stereocenters. The Kier molecular flexibility index (Phi) is 7.35. The highest BCUT2D eigenvalue weighted by atomic mass is 32.2. The number of benzene rings is 2. The second-order valence-corrected chi connectivity index (χ2v) is 7.83. The molecule has 2 aromatic carbocycles. The molecule has 2 rings (SSSR count). The van der Waals surface area contributed by atoms with Crippen LogP contribution in [0.25, 0.3) is 0 Å². The molecule has 0 aliphatic heterocycles. The van der Waals surface area contributed by atoms with E-state index in [1.807, 2.05) is 13.8 Å². The molecule has 7 nitrogen and oxygen atoms in total. The van der Waals surface area contributed by atoms with Gasteiger partial charge in [0, 0.05) is 24.9 Å². The topological polar surface area (TPSA) is 93.7 Å². The van der Waals surface area contributed by atoms with E-state index in [0.717, 1.165) is 0 Å². The maximum absolute atomic E-state index is 12.4. The van der Waals surface area contributed by atoms with E-state index in [1.54, 1.807) is 30.3 Å². The lowest BCUT2D eigenvalue weighted by atomic mass is 10.2. The molecule has 1 amide bonds. The van der Waals surface area contributed by atoms with E-state index in [1.165, 1.54) is 25.3 Å². The molecule has 0 aliphatic carbocycles. The normalized spacial score (nSPS) is 11.4. The zero-order valence-corrected chi connectivity index (χ0v) is 16.4. The summed E-state index contributed by atoms with van der Waals surface area (Å²) in [5.74, 6) is 0.305. The van der Waals surface area contributed by atoms with Crippen molar-refractivity contribution in [1.29, 1.82) is 0 Å². The number of hydrogen-bond donors (Lipinski definition) is 2. The third-order valence-corrected chi connectivity index (χ3v) is 4.95. The number of carbonyl (C=O) groups is 1. The van der Waals surface area contributed by atoms with Gasteiger partial charge in [-0.25, -0.2) is 13.1 Å². The Hall–Kier alpha value is -2.42. The third kappa shape index (κ3) is 6.35. The molecule has 0 bridgehead atoms. The molecule has 0 fully saturated rings. The first kappa shape index (κ1) is 20.9. The van der Waals surface area contributed by atoms with Gasteiger partial charge in [-0.3, -0.25) is 4.79 Å². The molecule has 0 aliphatic rings. The molecule has 27 heavy (non-hydrogen) atoms. The number of carbonyl (C=O) groups excluding carboxylic acids is 1. The predicted molar refractivity (Wildman–Crippen MR) is 104 cm³/mol. The van der Waals surface area contributed by atoms with Crippen LogP contribution in [0.4, 0.5) is 5.69 Å². The summed E-state index contributed by atoms with van der Waals surface area (Å²) in [7, 11) is -2.22. The summed E-state index contributed by atoms with van der Waals surface area (Å²) in [6.07, 6.45) is 0.0626. The highest BCUT2D eigenvalue weighted by molar-refractivity contribution is 7.89. The quantitative estimate of drug-likeness (QED) is 0.640. The maximum Gasteiger partial charge on any atom is 0.255 e. The number of nitrogens with one attached hydrogen (secondary N) is 2. The molecule has 0 saturated carbocycles. The van der Waals surface area contributed by atoms with Crippen LogP contribution in [0, 0.1) is 0 Å². The monoisotopic (exact) mass is 392 g/mol. The molecule has 0 heterocycles. The number of ether oxygens (including phenoxy) is 2. The van der Waals surface area contributed by atoms with E-state index >= 15 is 0 Å². The Balaban J connectivity index is 2.08. The smallest absolute Gasteiger partial charge is 0.255 e. The van der Waals surface area contributed by atoms with Crippen molar-refractivity contribution in [2.24, 2.45) is 0 Å². The Morgan fingerprint density at radius 1 is 1.11 bits per heavy atom. The first-order chi connectivity index (χ1) is 12.8. The fraction of sp³-hybridized carbons (Fsp3) is 0.316. The largest absolute Gasteiger partial charge is 0.491 e. The Morgan fingerprint density at radius 2 is 1.81 bits per heavy atom. The number of rotatable bonds is 9. The number of hydrogen-bond acceptors (Lipinski definition) is 5. The fourth-order valence-corrected chi connectivity index (χ4v) is 3.32. The highest BCUT2D eigenvalue weighted by Gasteiger charge is 2.16. The highest BCUT2D eigenvalue weighted by Crippen LogP contribution is 2.18. The Morgan fingerprint density at radius 3 is 2.44 bits per heavy atom. The van der Waals surface area contributed by atoms with Gasteiger partial charge in [-0.05, 0) is 56.3 Å². The second kappa shape index (κ2) is 9.50. The predicted octanol–water partition coefficient (Wildman–Crippen LogP) is 2.65. The molecule has 0 atom stereocenters. The van der Waals surface area contributed by atoms with Crippen LogP contribution in [-0.2, 0) is 14.8 Å². The summed E-state index contributed by atoms with van der Waals surface area (Å²) in [5, 5.41) is 2.74. The van der Waals surface area contributed by atoms with Crippen molar-refractivity contribution in [2.75, 3.05) is 25.6 Å². The van der Waals surface area contributed by atoms with Crippen LogP contribution in [0.3, 0.4) is 0 Å². The maximum atomic E-state index is 12.4. The van der Waals surface area contributed by atoms with Crippen molar-refractivity contribution in [3.8, 4) is 5.75 Å². The van der Waals surface area contributed by atoms with Gasteiger partial charge in [-0.2, -0.15) is 0 Å². The van der Waals surface area contributed by atoms with Crippen LogP contribution in [0.2, 0.25) is 0 Å². The van der Waals surface area contributed by atoms with Crippen molar-refractivity contribution < 1.29 is 22.7 Å². The van der Waals surface area contributed by atoms with Gasteiger partial charge in [0.25, 0.3) is 5.91 Å². The molecule has 0 saturated heterocycles. The van der Waals surface area contributed by atoms with Crippen LogP contribution in [0.1, 0.15) is 24.2 Å². The Labute approximate surface area is 159 Å². The molecule has 0 aromatic heterocycles. The van der Waals surface area contributed by atoms with Crippen LogP contribution >= 0.6 is 0 Å². The molecule has 2 N–H and O–H groups in total. The average molecular weight is 392 g/mol. The van der Waals surface area contributed by atoms with Gasteiger partial charge in [0.1, 0.15) is 5.75 Å². The minimum atomic E-state index is -3.71. The van der Waals surface area contributed by atoms with E-state index in [9.17, 15) is 13.2 Å². The minimum absolute atomic E-state index is 0.0203. The van der Waals surface area contributed by atoms with Crippen LogP contribution in [0.5, 0.6) is 5.75 Å². The molecule has 2 aromatic rings. The van der Waals surface area contributed by atoms with Gasteiger partial charge in [0.05, 0.1) is 17.6 Å². The van der Waals surface area contributed by atoms with Crippen molar-refractivity contribution in [1.82, 2.24) is 4.72 Å². The minimum Gasteiger partial charge on any atom is -0.491 e. The molecule has 0 radical (unpaired) electrons. The second-order valence-electron chi connectivity index (χ2n) is 6.06. The zero-order chi connectivity index (χ0) is 19.9. The summed E-state index contributed by atoms with van der Waals surface area (Å²) < 4.78 is 37.3. The standard InChI is InChI=1S/C19H24N2O5S/c1-14(2)26-17-9-7-16(8-10-17)21-19(22)15-5-4-6-18(13-15)27(23,24)20-11-12-25-3/h4-10,13-14,20H,11-12H2,1-3H3,(H,21,22). The van der Waals surface area contributed by atoms with Crippen molar-refractivity contribution >= 4 is 21.6 Å². The zero-order valence-electron chi connectivity index (χ0n) is 15.6. The fourth-order valence-electron chi connectivity index (χ4n) is 2.26. The molecule has 0 spiro atoms. The van der Waals surface area contributed by atoms with Crippen LogP contribution in [-0.4, -0.2) is 40.7 Å². The third-order valence-electron chi connectivity index (χ3n) is 3.49. The van der Waals surface area contributed by atoms with Gasteiger partial charge in [0.15, 0.2) is 0 Å². The SMILES string of the molecule is COCCNS(=O)(=O)c1cccc(C(=O)Nc2ccc(OC(C)C)cc2)c1. The average Bonchev–Trinajstić information content (AvgIpc) is 2.63. The Bertz CT molecular complexity index is 864. The van der Waals surface area contributed by atoms with E-state index in [4.69, 9.17) is 9.47 Å². The van der Waals surface area contributed by atoms with E-state index in [2.05, 4.69) is 10.0 Å². The van der Waals surface area contributed by atoms with E-state index in [-0.39, 0.29) is 29.7 Å². The lowest BCUT2D eigenvalue weighted by Crippen LogP contribution is -2.27. The first-order valence-electron chi connectivity index (χ1n) is 8.48. The lowest BCUT2D eigenvalue weighted by Gasteiger charge is -2.11. The summed E-state index contributed by atoms with van der Waals surface area (Å²) in [6.45, 7) is 4.28. The summed E-state index contributed by atoms with van der Waals surface area (Å²) in [5.41, 5.74) is 0.828. The van der Waals surface area contributed by atoms with Crippen molar-refractivity contribution in [3.05, 3.63) is 54.1 Å². The van der Waals surface area contributed by atoms with Crippen molar-refractivity contribution in [2.45, 2.75) is 24.8 Å². The molecular formula is C19H24N2O5S. The summed E-state index contributed by atoms with van der Waals surface area (Å²) in [4.78, 5) is 12.5. The number of methoxy groups -OCH3 is 1. The molecule has 8 heteroatoms. The number of amides is 1. The first-order valence-corrected chi connectivity index (χ1v) is 9.97. The van der Waals surface area contributed by atoms with E-state index < -0.39 is 15.9 Å². The lowest BCUT2D eigenvalue weighted by molar-refractivity contribution is 0.102. The van der Waals surface area contributed by atoms with Crippen LogP contribution < -0.4 is 14.8 Å². The molecule has 146 valence electrons. The van der Waals surface area contributed by atoms with Gasteiger partial charge >= 0.3 is 0 Å². The number of anilines is 1.